The summed E-state index contributed by atoms with van der Waals surface area (Å²) in [5.74, 6) is 2.09. The first-order chi connectivity index (χ1) is 8.61. The zero-order valence-electron chi connectivity index (χ0n) is 10.9. The number of nitrogens with zero attached hydrogens (tertiary/aromatic N) is 2. The molecule has 2 aromatic rings. The monoisotopic (exact) mass is 280 g/mol. The highest BCUT2D eigenvalue weighted by atomic mass is 35.5. The molecular formula is C14H17ClN2S. The second kappa shape index (κ2) is 5.81. The predicted octanol–water partition coefficient (Wildman–Crippen LogP) is 4.31. The van der Waals surface area contributed by atoms with Gasteiger partial charge in [-0.25, -0.2) is 4.98 Å². The lowest BCUT2D eigenvalue weighted by Gasteiger charge is -2.10. The summed E-state index contributed by atoms with van der Waals surface area (Å²) < 4.78 is 2.17. The van der Waals surface area contributed by atoms with Gasteiger partial charge < -0.3 is 4.57 Å². The molecule has 2 nitrogen and oxygen atoms in total. The highest BCUT2D eigenvalue weighted by Gasteiger charge is 2.07. The Hall–Kier alpha value is -0.930. The van der Waals surface area contributed by atoms with E-state index in [0.717, 1.165) is 34.4 Å². The zero-order valence-corrected chi connectivity index (χ0v) is 12.5. The van der Waals surface area contributed by atoms with Crippen LogP contribution >= 0.6 is 23.4 Å². The van der Waals surface area contributed by atoms with Gasteiger partial charge in [0, 0.05) is 21.8 Å². The maximum Gasteiger partial charge on any atom is 0.106 e. The molecule has 1 aromatic carbocycles. The van der Waals surface area contributed by atoms with E-state index in [-0.39, 0.29) is 0 Å². The van der Waals surface area contributed by atoms with Gasteiger partial charge in [0.2, 0.25) is 0 Å². The van der Waals surface area contributed by atoms with Crippen LogP contribution < -0.4 is 0 Å². The molecule has 0 unspecified atom stereocenters. The summed E-state index contributed by atoms with van der Waals surface area (Å²) in [6, 6.07) is 6.29. The van der Waals surface area contributed by atoms with Crippen molar-refractivity contribution in [1.82, 2.24) is 9.55 Å². The molecule has 96 valence electrons. The first-order valence-corrected chi connectivity index (χ1v) is 7.38. The molecule has 0 spiro atoms. The number of rotatable bonds is 4. The van der Waals surface area contributed by atoms with Crippen molar-refractivity contribution in [2.75, 3.05) is 5.75 Å². The lowest BCUT2D eigenvalue weighted by atomic mass is 10.2. The van der Waals surface area contributed by atoms with E-state index in [9.17, 15) is 0 Å². The van der Waals surface area contributed by atoms with Crippen molar-refractivity contribution in [3.63, 3.8) is 0 Å². The van der Waals surface area contributed by atoms with Gasteiger partial charge in [-0.2, -0.15) is 0 Å². The predicted molar refractivity (Wildman–Crippen MR) is 78.7 cm³/mol. The standard InChI is InChI=1S/C14H17ClN2S/c1-4-18-13-6-5-12(14(15)7-13)9-17-10(2)8-16-11(17)3/h5-8H,4,9H2,1-3H3. The largest absolute Gasteiger partial charge is 0.328 e. The Balaban J connectivity index is 2.25. The van der Waals surface area contributed by atoms with Gasteiger partial charge in [-0.05, 0) is 37.3 Å². The highest BCUT2D eigenvalue weighted by molar-refractivity contribution is 7.99. The van der Waals surface area contributed by atoms with Crippen molar-refractivity contribution < 1.29 is 0 Å². The molecule has 18 heavy (non-hydrogen) atoms. The van der Waals surface area contributed by atoms with Gasteiger partial charge in [-0.3, -0.25) is 0 Å². The highest BCUT2D eigenvalue weighted by Crippen LogP contribution is 2.25. The SMILES string of the molecule is CCSc1ccc(Cn2c(C)cnc2C)c(Cl)c1. The first-order valence-electron chi connectivity index (χ1n) is 6.01. The summed E-state index contributed by atoms with van der Waals surface area (Å²) >= 11 is 8.15. The third kappa shape index (κ3) is 2.90. The van der Waals surface area contributed by atoms with Crippen LogP contribution in [0.5, 0.6) is 0 Å². The molecule has 2 rings (SSSR count). The van der Waals surface area contributed by atoms with Gasteiger partial charge >= 0.3 is 0 Å². The van der Waals surface area contributed by atoms with Crippen LogP contribution in [0.1, 0.15) is 24.0 Å². The maximum absolute atomic E-state index is 6.34. The summed E-state index contributed by atoms with van der Waals surface area (Å²) in [6.07, 6.45) is 1.89. The number of benzene rings is 1. The van der Waals surface area contributed by atoms with Crippen LogP contribution in [0.4, 0.5) is 0 Å². The number of hydrogen-bond donors (Lipinski definition) is 0. The van der Waals surface area contributed by atoms with E-state index in [1.165, 1.54) is 4.90 Å². The third-order valence-corrected chi connectivity index (χ3v) is 4.15. The maximum atomic E-state index is 6.34. The lowest BCUT2D eigenvalue weighted by Crippen LogP contribution is -2.04. The number of imidazole rings is 1. The fourth-order valence-electron chi connectivity index (χ4n) is 1.90. The molecular weight excluding hydrogens is 264 g/mol. The first kappa shape index (κ1) is 13.5. The van der Waals surface area contributed by atoms with Gasteiger partial charge in [0.05, 0.1) is 6.54 Å². The lowest BCUT2D eigenvalue weighted by molar-refractivity contribution is 0.738. The molecule has 0 bridgehead atoms. The fraction of sp³-hybridized carbons (Fsp3) is 0.357. The van der Waals surface area contributed by atoms with E-state index < -0.39 is 0 Å². The molecule has 0 aliphatic carbocycles. The molecule has 0 aliphatic rings. The Morgan fingerprint density at radius 1 is 1.33 bits per heavy atom. The fourth-order valence-corrected chi connectivity index (χ4v) is 2.91. The van der Waals surface area contributed by atoms with Crippen LogP contribution in [0.25, 0.3) is 0 Å². The molecule has 0 aliphatic heterocycles. The Kier molecular flexibility index (Phi) is 4.36. The van der Waals surface area contributed by atoms with Crippen LogP contribution in [0.15, 0.2) is 29.3 Å². The van der Waals surface area contributed by atoms with Gasteiger partial charge in [0.25, 0.3) is 0 Å². The van der Waals surface area contributed by atoms with Gasteiger partial charge in [0.1, 0.15) is 5.82 Å². The van der Waals surface area contributed by atoms with E-state index >= 15 is 0 Å². The van der Waals surface area contributed by atoms with E-state index in [2.05, 4.69) is 35.5 Å². The minimum atomic E-state index is 0.785. The minimum absolute atomic E-state index is 0.785. The minimum Gasteiger partial charge on any atom is -0.328 e. The molecule has 0 atom stereocenters. The van der Waals surface area contributed by atoms with Crippen molar-refractivity contribution in [2.24, 2.45) is 0 Å². The van der Waals surface area contributed by atoms with Crippen LogP contribution in [-0.2, 0) is 6.54 Å². The summed E-state index contributed by atoms with van der Waals surface area (Å²) in [6.45, 7) is 7.01. The molecule has 0 amide bonds. The van der Waals surface area contributed by atoms with E-state index in [1.54, 1.807) is 0 Å². The normalized spacial score (nSPS) is 10.9. The van der Waals surface area contributed by atoms with Crippen LogP contribution in [0, 0.1) is 13.8 Å². The molecule has 1 aromatic heterocycles. The topological polar surface area (TPSA) is 17.8 Å². The summed E-state index contributed by atoms with van der Waals surface area (Å²) in [5.41, 5.74) is 2.30. The second-order valence-corrected chi connectivity index (χ2v) is 5.96. The zero-order chi connectivity index (χ0) is 13.1. The van der Waals surface area contributed by atoms with Gasteiger partial charge in [-0.1, -0.05) is 24.6 Å². The van der Waals surface area contributed by atoms with Crippen LogP contribution in [-0.4, -0.2) is 15.3 Å². The Morgan fingerprint density at radius 2 is 2.11 bits per heavy atom. The van der Waals surface area contributed by atoms with Crippen molar-refractivity contribution in [3.05, 3.63) is 46.5 Å². The number of aromatic nitrogens is 2. The average molecular weight is 281 g/mol. The number of aryl methyl sites for hydroxylation is 2. The summed E-state index contributed by atoms with van der Waals surface area (Å²) in [4.78, 5) is 5.53. The molecule has 0 saturated carbocycles. The third-order valence-electron chi connectivity index (χ3n) is 2.92. The van der Waals surface area contributed by atoms with Gasteiger partial charge in [0.15, 0.2) is 0 Å². The molecule has 4 heteroatoms. The average Bonchev–Trinajstić information content (AvgIpc) is 2.64. The van der Waals surface area contributed by atoms with Crippen molar-refractivity contribution in [1.29, 1.82) is 0 Å². The van der Waals surface area contributed by atoms with Crippen LogP contribution in [0.3, 0.4) is 0 Å². The number of thioether (sulfide) groups is 1. The smallest absolute Gasteiger partial charge is 0.106 e. The van der Waals surface area contributed by atoms with Crippen LogP contribution in [0.2, 0.25) is 5.02 Å². The number of halogens is 1. The quantitative estimate of drug-likeness (QED) is 0.777. The van der Waals surface area contributed by atoms with E-state index in [4.69, 9.17) is 11.6 Å². The Morgan fingerprint density at radius 3 is 2.67 bits per heavy atom. The number of hydrogen-bond acceptors (Lipinski definition) is 2. The Labute approximate surface area is 117 Å². The second-order valence-electron chi connectivity index (χ2n) is 4.22. The van der Waals surface area contributed by atoms with Crippen molar-refractivity contribution >= 4 is 23.4 Å². The summed E-state index contributed by atoms with van der Waals surface area (Å²) in [7, 11) is 0. The van der Waals surface area contributed by atoms with Crippen molar-refractivity contribution in [3.8, 4) is 0 Å². The Bertz CT molecular complexity index is 529. The molecule has 0 fully saturated rings. The van der Waals surface area contributed by atoms with Crippen molar-refractivity contribution in [2.45, 2.75) is 32.2 Å². The van der Waals surface area contributed by atoms with E-state index in [0.29, 0.717) is 0 Å². The molecule has 0 N–H and O–H groups in total. The molecule has 0 radical (unpaired) electrons. The van der Waals surface area contributed by atoms with Gasteiger partial charge in [-0.15, -0.1) is 11.8 Å². The molecule has 0 saturated heterocycles. The summed E-state index contributed by atoms with van der Waals surface area (Å²) in [5, 5.41) is 0.834. The van der Waals surface area contributed by atoms with E-state index in [1.807, 2.05) is 30.9 Å². The molecule has 1 heterocycles.